The minimum absolute atomic E-state index is 0.124. The van der Waals surface area contributed by atoms with E-state index in [1.807, 2.05) is 0 Å². The number of anilines is 1. The molecule has 4 aromatic carbocycles. The summed E-state index contributed by atoms with van der Waals surface area (Å²) < 4.78 is 49.9. The van der Waals surface area contributed by atoms with Crippen LogP contribution in [0, 0.1) is 6.92 Å². The zero-order valence-corrected chi connectivity index (χ0v) is 26.5. The molecule has 0 fully saturated rings. The first-order chi connectivity index (χ1) is 22.8. The monoisotopic (exact) mass is 661 g/mol. The number of carboxylic acid groups (broad SMARTS) is 1. The number of halogens is 3. The molecular formula is C37H34F3NO7. The molecule has 0 spiro atoms. The molecule has 0 aliphatic carbocycles. The number of amides is 1. The second kappa shape index (κ2) is 15.0. The van der Waals surface area contributed by atoms with E-state index in [0.29, 0.717) is 28.8 Å². The lowest BCUT2D eigenvalue weighted by molar-refractivity contribution is -0.166. The summed E-state index contributed by atoms with van der Waals surface area (Å²) in [6.45, 7) is 4.70. The molecule has 250 valence electrons. The topological polar surface area (TPSA) is 119 Å². The Bertz CT molecular complexity index is 1790. The highest BCUT2D eigenvalue weighted by Gasteiger charge is 2.50. The summed E-state index contributed by atoms with van der Waals surface area (Å²) in [6, 6.07) is 23.3. The second-order valence-electron chi connectivity index (χ2n) is 11.2. The lowest BCUT2D eigenvalue weighted by Crippen LogP contribution is -2.47. The quantitative estimate of drug-likeness (QED) is 0.117. The Morgan fingerprint density at radius 2 is 1.50 bits per heavy atom. The van der Waals surface area contributed by atoms with E-state index in [1.165, 1.54) is 42.5 Å². The third-order valence-electron chi connectivity index (χ3n) is 7.98. The Kier molecular flexibility index (Phi) is 11.0. The van der Waals surface area contributed by atoms with Crippen LogP contribution < -0.4 is 5.32 Å². The fourth-order valence-corrected chi connectivity index (χ4v) is 5.04. The van der Waals surface area contributed by atoms with Crippen molar-refractivity contribution >= 4 is 29.5 Å². The molecule has 4 aromatic rings. The van der Waals surface area contributed by atoms with E-state index in [4.69, 9.17) is 9.47 Å². The number of rotatable bonds is 12. The maximum atomic E-state index is 13.3. The minimum atomic E-state index is -4.49. The van der Waals surface area contributed by atoms with Crippen LogP contribution in [-0.4, -0.2) is 41.6 Å². The Morgan fingerprint density at radius 1 is 0.854 bits per heavy atom. The maximum Gasteiger partial charge on any atom is 0.416 e. The predicted molar refractivity (Wildman–Crippen MR) is 173 cm³/mol. The van der Waals surface area contributed by atoms with Crippen LogP contribution in [0.5, 0.6) is 0 Å². The van der Waals surface area contributed by atoms with E-state index in [0.717, 1.165) is 12.1 Å². The SMILES string of the molecule is CCC(C)OC(=O)C(CCOC(=O)c1ccc(NC(=O)c2ccccc2-c2ccc(C(F)(F)F)cc2)c(C)c1)(C(=O)O)c1ccccc1. The number of carbonyl (C=O) groups excluding carboxylic acids is 3. The predicted octanol–water partition coefficient (Wildman–Crippen LogP) is 7.84. The number of aryl methyl sites for hydroxylation is 1. The molecular weight excluding hydrogens is 627 g/mol. The van der Waals surface area contributed by atoms with Gasteiger partial charge in [-0.05, 0) is 78.9 Å². The first-order valence-electron chi connectivity index (χ1n) is 15.1. The van der Waals surface area contributed by atoms with Crippen molar-refractivity contribution in [1.29, 1.82) is 0 Å². The molecule has 2 N–H and O–H groups in total. The highest BCUT2D eigenvalue weighted by Crippen LogP contribution is 2.33. The average Bonchev–Trinajstić information content (AvgIpc) is 3.07. The molecule has 4 rings (SSSR count). The molecule has 1 amide bonds. The van der Waals surface area contributed by atoms with E-state index in [2.05, 4.69) is 5.32 Å². The molecule has 0 heterocycles. The van der Waals surface area contributed by atoms with Crippen LogP contribution in [0.2, 0.25) is 0 Å². The van der Waals surface area contributed by atoms with Crippen molar-refractivity contribution < 1.29 is 46.9 Å². The van der Waals surface area contributed by atoms with Gasteiger partial charge >= 0.3 is 24.1 Å². The molecule has 2 unspecified atom stereocenters. The van der Waals surface area contributed by atoms with Gasteiger partial charge in [-0.1, -0.05) is 67.6 Å². The molecule has 0 radical (unpaired) electrons. The fourth-order valence-electron chi connectivity index (χ4n) is 5.04. The highest BCUT2D eigenvalue weighted by atomic mass is 19.4. The summed E-state index contributed by atoms with van der Waals surface area (Å²) >= 11 is 0. The van der Waals surface area contributed by atoms with Crippen LogP contribution in [0.15, 0.2) is 97.1 Å². The average molecular weight is 662 g/mol. The third-order valence-corrected chi connectivity index (χ3v) is 7.98. The largest absolute Gasteiger partial charge is 0.480 e. The standard InChI is InChI=1S/C37H34F3NO7/c1-4-24(3)48-35(46)36(34(44)45,27-10-6-5-7-11-27)20-21-47-33(43)26-16-19-31(23(2)22-26)41-32(42)30-13-9-8-12-29(30)25-14-17-28(18-15-25)37(38,39)40/h5-19,22,24H,4,20-21H2,1-3H3,(H,41,42)(H,44,45). The molecule has 8 nitrogen and oxygen atoms in total. The zero-order chi connectivity index (χ0) is 35.1. The summed E-state index contributed by atoms with van der Waals surface area (Å²) in [5.74, 6) is -3.68. The number of alkyl halides is 3. The number of aliphatic carboxylic acids is 1. The molecule has 0 aromatic heterocycles. The van der Waals surface area contributed by atoms with Gasteiger partial charge in [0.2, 0.25) is 0 Å². The van der Waals surface area contributed by atoms with Gasteiger partial charge in [0.15, 0.2) is 5.41 Å². The van der Waals surface area contributed by atoms with Gasteiger partial charge in [0.25, 0.3) is 5.91 Å². The second-order valence-corrected chi connectivity index (χ2v) is 11.2. The fraction of sp³-hybridized carbons (Fsp3) is 0.243. The van der Waals surface area contributed by atoms with Crippen molar-refractivity contribution in [1.82, 2.24) is 0 Å². The Labute approximate surface area is 275 Å². The Hall–Kier alpha value is -5.45. The van der Waals surface area contributed by atoms with Crippen molar-refractivity contribution in [2.45, 2.75) is 51.3 Å². The van der Waals surface area contributed by atoms with Crippen LogP contribution in [0.3, 0.4) is 0 Å². The van der Waals surface area contributed by atoms with Crippen molar-refractivity contribution in [3.63, 3.8) is 0 Å². The number of benzene rings is 4. The van der Waals surface area contributed by atoms with Crippen molar-refractivity contribution in [3.8, 4) is 11.1 Å². The van der Waals surface area contributed by atoms with Gasteiger partial charge in [-0.3, -0.25) is 14.4 Å². The number of carbonyl (C=O) groups is 4. The Balaban J connectivity index is 1.47. The van der Waals surface area contributed by atoms with E-state index >= 15 is 0 Å². The van der Waals surface area contributed by atoms with Gasteiger partial charge in [0.1, 0.15) is 0 Å². The molecule has 48 heavy (non-hydrogen) atoms. The minimum Gasteiger partial charge on any atom is -0.480 e. The molecule has 11 heteroatoms. The lowest BCUT2D eigenvalue weighted by atomic mass is 9.77. The van der Waals surface area contributed by atoms with Gasteiger partial charge in [-0.25, -0.2) is 4.79 Å². The van der Waals surface area contributed by atoms with Crippen LogP contribution in [-0.2, 0) is 30.7 Å². The van der Waals surface area contributed by atoms with Crippen LogP contribution in [0.25, 0.3) is 11.1 Å². The van der Waals surface area contributed by atoms with Gasteiger partial charge < -0.3 is 19.9 Å². The maximum absolute atomic E-state index is 13.3. The van der Waals surface area contributed by atoms with E-state index in [-0.39, 0.29) is 23.1 Å². The summed E-state index contributed by atoms with van der Waals surface area (Å²) in [6.07, 6.45) is -4.91. The Morgan fingerprint density at radius 3 is 2.10 bits per heavy atom. The molecule has 2 atom stereocenters. The van der Waals surface area contributed by atoms with Crippen LogP contribution in [0.1, 0.15) is 64.1 Å². The van der Waals surface area contributed by atoms with Gasteiger partial charge in [0, 0.05) is 17.7 Å². The van der Waals surface area contributed by atoms with Crippen LogP contribution in [0.4, 0.5) is 18.9 Å². The van der Waals surface area contributed by atoms with Crippen molar-refractivity contribution in [3.05, 3.63) is 125 Å². The summed E-state index contributed by atoms with van der Waals surface area (Å²) in [5, 5.41) is 13.0. The smallest absolute Gasteiger partial charge is 0.416 e. The first kappa shape index (κ1) is 35.4. The number of hydrogen-bond donors (Lipinski definition) is 2. The van der Waals surface area contributed by atoms with Gasteiger partial charge in [0.05, 0.1) is 23.8 Å². The van der Waals surface area contributed by atoms with Crippen LogP contribution >= 0.6 is 0 Å². The van der Waals surface area contributed by atoms with E-state index in [9.17, 15) is 37.5 Å². The third kappa shape index (κ3) is 7.91. The number of ether oxygens (including phenoxy) is 2. The van der Waals surface area contributed by atoms with E-state index < -0.39 is 53.7 Å². The molecule has 0 aliphatic heterocycles. The summed E-state index contributed by atoms with van der Waals surface area (Å²) in [4.78, 5) is 52.1. The number of carboxylic acids is 1. The van der Waals surface area contributed by atoms with Crippen molar-refractivity contribution in [2.24, 2.45) is 0 Å². The number of nitrogens with one attached hydrogen (secondary N) is 1. The number of hydrogen-bond acceptors (Lipinski definition) is 6. The van der Waals surface area contributed by atoms with Crippen molar-refractivity contribution in [2.75, 3.05) is 11.9 Å². The van der Waals surface area contributed by atoms with E-state index in [1.54, 1.807) is 63.2 Å². The molecule has 0 bridgehead atoms. The summed E-state index contributed by atoms with van der Waals surface area (Å²) in [7, 11) is 0. The van der Waals surface area contributed by atoms with Gasteiger partial charge in [-0.2, -0.15) is 13.2 Å². The lowest BCUT2D eigenvalue weighted by Gasteiger charge is -2.29. The van der Waals surface area contributed by atoms with Gasteiger partial charge in [-0.15, -0.1) is 0 Å². The molecule has 0 saturated carbocycles. The summed E-state index contributed by atoms with van der Waals surface area (Å²) in [5.41, 5.74) is -0.622. The number of esters is 2. The normalized spacial score (nSPS) is 13.1. The highest BCUT2D eigenvalue weighted by molar-refractivity contribution is 6.09. The first-order valence-corrected chi connectivity index (χ1v) is 15.1. The molecule has 0 saturated heterocycles. The molecule has 0 aliphatic rings. The zero-order valence-electron chi connectivity index (χ0n) is 26.5.